The fraction of sp³-hybridized carbons (Fsp3) is 0.263. The Bertz CT molecular complexity index is 964. The molecule has 0 spiro atoms. The van der Waals surface area contributed by atoms with E-state index in [-0.39, 0.29) is 11.5 Å². The molecule has 1 N–H and O–H groups in total. The smallest absolute Gasteiger partial charge is 0.272 e. The Kier molecular flexibility index (Phi) is 4.88. The molecule has 2 heterocycles. The van der Waals surface area contributed by atoms with E-state index in [4.69, 9.17) is 0 Å². The molecule has 25 heavy (non-hydrogen) atoms. The molecule has 1 aromatic carbocycles. The number of rotatable bonds is 5. The second kappa shape index (κ2) is 7.25. The van der Waals surface area contributed by atoms with Crippen LogP contribution in [0.2, 0.25) is 0 Å². The summed E-state index contributed by atoms with van der Waals surface area (Å²) in [4.78, 5) is 33.0. The third-order valence-corrected chi connectivity index (χ3v) is 4.08. The summed E-state index contributed by atoms with van der Waals surface area (Å²) in [5.74, 6) is -0.161. The highest BCUT2D eigenvalue weighted by atomic mass is 16.1. The number of amides is 1. The Labute approximate surface area is 145 Å². The van der Waals surface area contributed by atoms with Crippen LogP contribution >= 0.6 is 0 Å². The van der Waals surface area contributed by atoms with Crippen LogP contribution < -0.4 is 10.9 Å². The molecule has 6 heteroatoms. The summed E-state index contributed by atoms with van der Waals surface area (Å²) in [6, 6.07) is 10.9. The number of aryl methyl sites for hydroxylation is 2. The predicted molar refractivity (Wildman–Crippen MR) is 96.7 cm³/mol. The van der Waals surface area contributed by atoms with Gasteiger partial charge in [-0.2, -0.15) is 0 Å². The van der Waals surface area contributed by atoms with Crippen molar-refractivity contribution in [1.29, 1.82) is 0 Å². The third kappa shape index (κ3) is 3.57. The van der Waals surface area contributed by atoms with Crippen molar-refractivity contribution in [2.75, 3.05) is 6.54 Å². The molecule has 6 nitrogen and oxygen atoms in total. The average molecular weight is 336 g/mol. The minimum atomic E-state index is -0.161. The van der Waals surface area contributed by atoms with Crippen LogP contribution in [0, 0.1) is 6.92 Å². The molecule has 0 saturated carbocycles. The van der Waals surface area contributed by atoms with Crippen LogP contribution in [-0.2, 0) is 13.0 Å². The van der Waals surface area contributed by atoms with Gasteiger partial charge in [0.2, 0.25) is 0 Å². The van der Waals surface area contributed by atoms with Crippen LogP contribution in [0.1, 0.15) is 28.7 Å². The van der Waals surface area contributed by atoms with E-state index in [1.54, 1.807) is 35.9 Å². The fourth-order valence-corrected chi connectivity index (χ4v) is 2.78. The minimum Gasteiger partial charge on any atom is -0.352 e. The zero-order valence-electron chi connectivity index (χ0n) is 14.3. The summed E-state index contributed by atoms with van der Waals surface area (Å²) in [7, 11) is 0. The van der Waals surface area contributed by atoms with Gasteiger partial charge in [0, 0.05) is 37.0 Å². The van der Waals surface area contributed by atoms with Crippen molar-refractivity contribution in [2.45, 2.75) is 26.8 Å². The first-order valence-corrected chi connectivity index (χ1v) is 8.29. The van der Waals surface area contributed by atoms with E-state index >= 15 is 0 Å². The van der Waals surface area contributed by atoms with E-state index in [0.717, 1.165) is 11.2 Å². The van der Waals surface area contributed by atoms with Crippen LogP contribution in [0.5, 0.6) is 0 Å². The summed E-state index contributed by atoms with van der Waals surface area (Å²) in [6.45, 7) is 4.68. The highest BCUT2D eigenvalue weighted by Gasteiger charge is 2.11. The van der Waals surface area contributed by atoms with E-state index in [9.17, 15) is 9.59 Å². The van der Waals surface area contributed by atoms with Gasteiger partial charge in [-0.05, 0) is 44.2 Å². The van der Waals surface area contributed by atoms with Crippen LogP contribution in [0.3, 0.4) is 0 Å². The van der Waals surface area contributed by atoms with Crippen molar-refractivity contribution in [1.82, 2.24) is 19.9 Å². The van der Waals surface area contributed by atoms with Gasteiger partial charge in [-0.15, -0.1) is 0 Å². The standard InChI is InChI=1S/C19H20N4O2/c1-3-23-17-8-7-14(12-16(17)22-13(2)19(23)25)18(24)21-11-9-15-6-4-5-10-20-15/h4-8,10,12H,3,9,11H2,1-2H3,(H,21,24). The molecule has 0 bridgehead atoms. The zero-order chi connectivity index (χ0) is 17.8. The molecule has 2 aromatic heterocycles. The van der Waals surface area contributed by atoms with Gasteiger partial charge < -0.3 is 9.88 Å². The van der Waals surface area contributed by atoms with Gasteiger partial charge in [0.15, 0.2) is 0 Å². The first-order valence-electron chi connectivity index (χ1n) is 8.29. The normalized spacial score (nSPS) is 10.8. The lowest BCUT2D eigenvalue weighted by Crippen LogP contribution is -2.26. The number of aromatic nitrogens is 3. The van der Waals surface area contributed by atoms with Crippen LogP contribution in [-0.4, -0.2) is 27.0 Å². The topological polar surface area (TPSA) is 76.9 Å². The van der Waals surface area contributed by atoms with Gasteiger partial charge in [0.25, 0.3) is 11.5 Å². The molecule has 3 aromatic rings. The molecular formula is C19H20N4O2. The molecule has 0 saturated heterocycles. The van der Waals surface area contributed by atoms with Crippen LogP contribution in [0.25, 0.3) is 11.0 Å². The highest BCUT2D eigenvalue weighted by Crippen LogP contribution is 2.13. The average Bonchev–Trinajstić information content (AvgIpc) is 2.63. The number of carbonyl (C=O) groups is 1. The summed E-state index contributed by atoms with van der Waals surface area (Å²) < 4.78 is 1.67. The maximum Gasteiger partial charge on any atom is 0.272 e. The van der Waals surface area contributed by atoms with Crippen molar-refractivity contribution in [3.8, 4) is 0 Å². The van der Waals surface area contributed by atoms with Gasteiger partial charge >= 0.3 is 0 Å². The number of benzene rings is 1. The minimum absolute atomic E-state index is 0.0948. The molecule has 0 fully saturated rings. The lowest BCUT2D eigenvalue weighted by atomic mass is 10.1. The van der Waals surface area contributed by atoms with Crippen LogP contribution in [0.4, 0.5) is 0 Å². The largest absolute Gasteiger partial charge is 0.352 e. The molecule has 1 amide bonds. The maximum absolute atomic E-state index is 12.4. The van der Waals surface area contributed by atoms with E-state index in [1.807, 2.05) is 25.1 Å². The summed E-state index contributed by atoms with van der Waals surface area (Å²) in [6.07, 6.45) is 2.41. The molecule has 0 atom stereocenters. The third-order valence-electron chi connectivity index (χ3n) is 4.08. The molecule has 0 aliphatic carbocycles. The molecule has 0 radical (unpaired) electrons. The van der Waals surface area contributed by atoms with Gasteiger partial charge in [0.05, 0.1) is 11.0 Å². The summed E-state index contributed by atoms with van der Waals surface area (Å²) >= 11 is 0. The summed E-state index contributed by atoms with van der Waals surface area (Å²) in [5.41, 5.74) is 3.19. The zero-order valence-corrected chi connectivity index (χ0v) is 14.3. The SMILES string of the molecule is CCn1c(=O)c(C)nc2cc(C(=O)NCCc3ccccn3)ccc21. The Morgan fingerprint density at radius 2 is 2.08 bits per heavy atom. The van der Waals surface area contributed by atoms with Crippen molar-refractivity contribution >= 4 is 16.9 Å². The van der Waals surface area contributed by atoms with Crippen molar-refractivity contribution < 1.29 is 4.79 Å². The van der Waals surface area contributed by atoms with E-state index in [2.05, 4.69) is 15.3 Å². The number of nitrogens with zero attached hydrogens (tertiary/aromatic N) is 3. The van der Waals surface area contributed by atoms with Gasteiger partial charge in [-0.25, -0.2) is 4.98 Å². The molecule has 128 valence electrons. The van der Waals surface area contributed by atoms with E-state index < -0.39 is 0 Å². The second-order valence-electron chi connectivity index (χ2n) is 5.78. The fourth-order valence-electron chi connectivity index (χ4n) is 2.78. The first-order chi connectivity index (χ1) is 12.1. The number of carbonyl (C=O) groups excluding carboxylic acids is 1. The van der Waals surface area contributed by atoms with Gasteiger partial charge in [0.1, 0.15) is 5.69 Å². The number of hydrogen-bond acceptors (Lipinski definition) is 4. The first kappa shape index (κ1) is 16.8. The molecule has 0 aliphatic rings. The molecule has 3 rings (SSSR count). The number of pyridine rings is 1. The lowest BCUT2D eigenvalue weighted by molar-refractivity contribution is 0.0954. The molecular weight excluding hydrogens is 316 g/mol. The Morgan fingerprint density at radius 3 is 2.80 bits per heavy atom. The van der Waals surface area contributed by atoms with Gasteiger partial charge in [-0.3, -0.25) is 14.6 Å². The Morgan fingerprint density at radius 1 is 1.24 bits per heavy atom. The second-order valence-corrected chi connectivity index (χ2v) is 5.78. The Balaban J connectivity index is 1.78. The van der Waals surface area contributed by atoms with Crippen molar-refractivity contribution in [2.24, 2.45) is 0 Å². The van der Waals surface area contributed by atoms with E-state index in [0.29, 0.717) is 36.3 Å². The summed E-state index contributed by atoms with van der Waals surface area (Å²) in [5, 5.41) is 2.89. The monoisotopic (exact) mass is 336 g/mol. The van der Waals surface area contributed by atoms with Crippen LogP contribution in [0.15, 0.2) is 47.4 Å². The number of nitrogens with one attached hydrogen (secondary N) is 1. The predicted octanol–water partition coefficient (Wildman–Crippen LogP) is 2.09. The molecule has 0 unspecified atom stereocenters. The number of fused-ring (bicyclic) bond motifs is 1. The van der Waals surface area contributed by atoms with Gasteiger partial charge in [-0.1, -0.05) is 6.07 Å². The number of hydrogen-bond donors (Lipinski definition) is 1. The maximum atomic E-state index is 12.4. The lowest BCUT2D eigenvalue weighted by Gasteiger charge is -2.10. The van der Waals surface area contributed by atoms with Crippen molar-refractivity contribution in [3.05, 3.63) is 69.9 Å². The van der Waals surface area contributed by atoms with E-state index in [1.165, 1.54) is 0 Å². The van der Waals surface area contributed by atoms with Crippen molar-refractivity contribution in [3.63, 3.8) is 0 Å². The highest BCUT2D eigenvalue weighted by molar-refractivity contribution is 5.97. The Hall–Kier alpha value is -3.02. The quantitative estimate of drug-likeness (QED) is 0.774. The molecule has 0 aliphatic heterocycles.